The van der Waals surface area contributed by atoms with Gasteiger partial charge in [0.2, 0.25) is 0 Å². The summed E-state index contributed by atoms with van der Waals surface area (Å²) in [5, 5.41) is 11.0. The van der Waals surface area contributed by atoms with Crippen LogP contribution in [0.25, 0.3) is 20.8 Å². The van der Waals surface area contributed by atoms with Gasteiger partial charge in [-0.1, -0.05) is 28.1 Å². The minimum absolute atomic E-state index is 0.290. The molecule has 3 rings (SSSR count). The number of phenols is 1. The highest BCUT2D eigenvalue weighted by atomic mass is 127. The van der Waals surface area contributed by atoms with E-state index < -0.39 is 0 Å². The molecule has 0 spiro atoms. The van der Waals surface area contributed by atoms with E-state index >= 15 is 0 Å². The molecule has 18 heavy (non-hydrogen) atoms. The average Bonchev–Trinajstić information content (AvgIpc) is 2.77. The van der Waals surface area contributed by atoms with Crippen molar-refractivity contribution in [1.29, 1.82) is 0 Å². The molecule has 0 radical (unpaired) electrons. The molecule has 0 atom stereocenters. The zero-order valence-corrected chi connectivity index (χ0v) is 13.6. The lowest BCUT2D eigenvalue weighted by Crippen LogP contribution is -1.82. The monoisotopic (exact) mass is 431 g/mol. The van der Waals surface area contributed by atoms with E-state index in [4.69, 9.17) is 0 Å². The Hall–Kier alpha value is -0.660. The molecule has 0 amide bonds. The SMILES string of the molecule is Oc1c(I)cc(Br)cc1-c1nc2ccccc2s1. The smallest absolute Gasteiger partial charge is 0.139 e. The molecule has 0 fully saturated rings. The third-order valence-corrected chi connectivity index (χ3v) is 4.90. The number of halogens is 2. The number of fused-ring (bicyclic) bond motifs is 1. The number of phenolic OH excluding ortho intramolecular Hbond substituents is 1. The summed E-state index contributed by atoms with van der Waals surface area (Å²) in [5.41, 5.74) is 1.74. The molecule has 1 N–H and O–H groups in total. The van der Waals surface area contributed by atoms with Gasteiger partial charge in [0.25, 0.3) is 0 Å². The largest absolute Gasteiger partial charge is 0.506 e. The minimum Gasteiger partial charge on any atom is -0.506 e. The molecule has 1 aromatic heterocycles. The number of para-hydroxylation sites is 1. The van der Waals surface area contributed by atoms with Crippen molar-refractivity contribution < 1.29 is 5.11 Å². The van der Waals surface area contributed by atoms with Gasteiger partial charge in [-0.05, 0) is 46.9 Å². The fourth-order valence-electron chi connectivity index (χ4n) is 1.72. The molecule has 0 bridgehead atoms. The average molecular weight is 432 g/mol. The van der Waals surface area contributed by atoms with Gasteiger partial charge in [0, 0.05) is 4.47 Å². The molecular formula is C13H7BrINOS. The van der Waals surface area contributed by atoms with Gasteiger partial charge in [0.05, 0.1) is 19.4 Å². The zero-order valence-electron chi connectivity index (χ0n) is 9.02. The second-order valence-electron chi connectivity index (χ2n) is 3.77. The third-order valence-electron chi connectivity index (χ3n) is 2.55. The predicted octanol–water partition coefficient (Wildman–Crippen LogP) is 5.04. The van der Waals surface area contributed by atoms with Crippen LogP contribution in [0.15, 0.2) is 40.9 Å². The van der Waals surface area contributed by atoms with E-state index in [0.29, 0.717) is 0 Å². The van der Waals surface area contributed by atoms with Gasteiger partial charge < -0.3 is 5.11 Å². The Bertz CT molecular complexity index is 708. The molecule has 0 aliphatic rings. The lowest BCUT2D eigenvalue weighted by Gasteiger charge is -2.04. The van der Waals surface area contributed by atoms with Crippen molar-refractivity contribution in [2.24, 2.45) is 0 Å². The molecule has 0 aliphatic carbocycles. The fourth-order valence-corrected chi connectivity index (χ4v) is 4.21. The van der Waals surface area contributed by atoms with Crippen molar-refractivity contribution in [3.8, 4) is 16.3 Å². The lowest BCUT2D eigenvalue weighted by atomic mass is 10.2. The van der Waals surface area contributed by atoms with Crippen LogP contribution in [0, 0.1) is 3.57 Å². The molecule has 5 heteroatoms. The quantitative estimate of drug-likeness (QED) is 0.547. The first-order chi connectivity index (χ1) is 8.65. The highest BCUT2D eigenvalue weighted by Gasteiger charge is 2.13. The molecule has 0 aliphatic heterocycles. The molecule has 2 aromatic carbocycles. The summed E-state index contributed by atoms with van der Waals surface area (Å²) in [6.45, 7) is 0. The van der Waals surface area contributed by atoms with Crippen molar-refractivity contribution in [2.45, 2.75) is 0 Å². The van der Waals surface area contributed by atoms with E-state index in [1.807, 2.05) is 36.4 Å². The number of benzene rings is 2. The van der Waals surface area contributed by atoms with Crippen molar-refractivity contribution in [3.05, 3.63) is 44.4 Å². The first kappa shape index (κ1) is 12.4. The number of aromatic hydroxyl groups is 1. The minimum atomic E-state index is 0.290. The summed E-state index contributed by atoms with van der Waals surface area (Å²) in [7, 11) is 0. The van der Waals surface area contributed by atoms with E-state index in [1.165, 1.54) is 0 Å². The summed E-state index contributed by atoms with van der Waals surface area (Å²) < 4.78 is 2.89. The number of aromatic nitrogens is 1. The van der Waals surface area contributed by atoms with Crippen molar-refractivity contribution in [2.75, 3.05) is 0 Å². The molecule has 0 unspecified atom stereocenters. The summed E-state index contributed by atoms with van der Waals surface area (Å²) in [4.78, 5) is 4.56. The van der Waals surface area contributed by atoms with Gasteiger partial charge in [-0.15, -0.1) is 11.3 Å². The lowest BCUT2D eigenvalue weighted by molar-refractivity contribution is 0.473. The van der Waals surface area contributed by atoms with Crippen LogP contribution in [0.4, 0.5) is 0 Å². The van der Waals surface area contributed by atoms with Crippen LogP contribution < -0.4 is 0 Å². The number of hydrogen-bond donors (Lipinski definition) is 1. The normalized spacial score (nSPS) is 11.0. The van der Waals surface area contributed by atoms with Gasteiger partial charge in [0.1, 0.15) is 10.8 Å². The van der Waals surface area contributed by atoms with Crippen molar-refractivity contribution in [3.63, 3.8) is 0 Å². The van der Waals surface area contributed by atoms with Crippen LogP contribution in [0.1, 0.15) is 0 Å². The molecule has 90 valence electrons. The third kappa shape index (κ3) is 2.15. The van der Waals surface area contributed by atoms with E-state index in [0.717, 1.165) is 28.8 Å². The summed E-state index contributed by atoms with van der Waals surface area (Å²) >= 11 is 7.15. The van der Waals surface area contributed by atoms with Crippen LogP contribution in [0.3, 0.4) is 0 Å². The van der Waals surface area contributed by atoms with Gasteiger partial charge in [-0.3, -0.25) is 0 Å². The molecule has 1 heterocycles. The second kappa shape index (κ2) is 4.79. The van der Waals surface area contributed by atoms with E-state index in [1.54, 1.807) is 11.3 Å². The van der Waals surface area contributed by atoms with Gasteiger partial charge in [0.15, 0.2) is 0 Å². The molecular weight excluding hydrogens is 425 g/mol. The van der Waals surface area contributed by atoms with E-state index in [9.17, 15) is 5.11 Å². The topological polar surface area (TPSA) is 33.1 Å². The van der Waals surface area contributed by atoms with Gasteiger partial charge in [-0.2, -0.15) is 0 Å². The van der Waals surface area contributed by atoms with E-state index in [2.05, 4.69) is 43.5 Å². The Balaban J connectivity index is 2.26. The number of hydrogen-bond acceptors (Lipinski definition) is 3. The van der Waals surface area contributed by atoms with Crippen LogP contribution in [-0.4, -0.2) is 10.1 Å². The first-order valence-electron chi connectivity index (χ1n) is 5.19. The Morgan fingerprint density at radius 1 is 1.22 bits per heavy atom. The summed E-state index contributed by atoms with van der Waals surface area (Å²) in [6.07, 6.45) is 0. The van der Waals surface area contributed by atoms with Gasteiger partial charge in [-0.25, -0.2) is 4.98 Å². The van der Waals surface area contributed by atoms with Crippen LogP contribution in [-0.2, 0) is 0 Å². The second-order valence-corrected chi connectivity index (χ2v) is 6.88. The van der Waals surface area contributed by atoms with Crippen molar-refractivity contribution >= 4 is 60.1 Å². The highest BCUT2D eigenvalue weighted by molar-refractivity contribution is 14.1. The number of rotatable bonds is 1. The summed E-state index contributed by atoms with van der Waals surface area (Å²) in [6, 6.07) is 11.8. The Labute approximate surface area is 130 Å². The Kier molecular flexibility index (Phi) is 3.29. The van der Waals surface area contributed by atoms with Gasteiger partial charge >= 0.3 is 0 Å². The van der Waals surface area contributed by atoms with Crippen LogP contribution >= 0.6 is 49.9 Å². The molecule has 0 saturated heterocycles. The maximum Gasteiger partial charge on any atom is 0.139 e. The van der Waals surface area contributed by atoms with E-state index in [-0.39, 0.29) is 5.75 Å². The highest BCUT2D eigenvalue weighted by Crippen LogP contribution is 2.39. The molecule has 3 aromatic rings. The predicted molar refractivity (Wildman–Crippen MR) is 87.1 cm³/mol. The maximum absolute atomic E-state index is 10.1. The zero-order chi connectivity index (χ0) is 12.7. The van der Waals surface area contributed by atoms with Crippen molar-refractivity contribution in [1.82, 2.24) is 4.98 Å². The molecule has 2 nitrogen and oxygen atoms in total. The number of thiazole rings is 1. The van der Waals surface area contributed by atoms with Crippen LogP contribution in [0.2, 0.25) is 0 Å². The van der Waals surface area contributed by atoms with Crippen LogP contribution in [0.5, 0.6) is 5.75 Å². The fraction of sp³-hybridized carbons (Fsp3) is 0. The first-order valence-corrected chi connectivity index (χ1v) is 7.88. The maximum atomic E-state index is 10.1. The Morgan fingerprint density at radius 2 is 2.00 bits per heavy atom. The number of nitrogens with zero attached hydrogens (tertiary/aromatic N) is 1. The Morgan fingerprint density at radius 3 is 2.78 bits per heavy atom. The molecule has 0 saturated carbocycles. The standard InChI is InChI=1S/C13H7BrINOS/c14-7-5-8(12(17)9(15)6-7)13-16-10-3-1-2-4-11(10)18-13/h1-6,17H. The summed E-state index contributed by atoms with van der Waals surface area (Å²) in [5.74, 6) is 0.290.